The lowest BCUT2D eigenvalue weighted by Gasteiger charge is -2.11. The van der Waals surface area contributed by atoms with Crippen molar-refractivity contribution in [2.45, 2.75) is 13.2 Å². The van der Waals surface area contributed by atoms with E-state index in [-0.39, 0.29) is 0 Å². The van der Waals surface area contributed by atoms with Crippen LogP contribution in [0.3, 0.4) is 0 Å². The average Bonchev–Trinajstić information content (AvgIpc) is 2.26. The molecule has 4 heteroatoms. The molecule has 0 saturated carbocycles. The monoisotopic (exact) mass is 199 g/mol. The molecule has 0 heterocycles. The molecule has 1 aromatic rings. The molecule has 0 atom stereocenters. The Morgan fingerprint density at radius 3 is 2.14 bits per heavy atom. The first kappa shape index (κ1) is 10.8. The van der Waals surface area contributed by atoms with Crippen molar-refractivity contribution in [3.05, 3.63) is 23.3 Å². The molecule has 0 aromatic heterocycles. The number of halogens is 1. The lowest BCUT2D eigenvalue weighted by molar-refractivity contribution is 0.378. The van der Waals surface area contributed by atoms with Crippen molar-refractivity contribution in [3.63, 3.8) is 0 Å². The van der Waals surface area contributed by atoms with Crippen molar-refractivity contribution in [2.24, 2.45) is 5.73 Å². The fourth-order valence-corrected chi connectivity index (χ4v) is 1.30. The SMILES string of the molecule is COc1cc(OC)c(CF)cc1CN. The number of rotatable bonds is 4. The molecule has 0 aliphatic carbocycles. The average molecular weight is 199 g/mol. The van der Waals surface area contributed by atoms with Gasteiger partial charge in [-0.15, -0.1) is 0 Å². The van der Waals surface area contributed by atoms with Gasteiger partial charge in [0.25, 0.3) is 0 Å². The molecule has 0 unspecified atom stereocenters. The molecule has 0 radical (unpaired) electrons. The van der Waals surface area contributed by atoms with E-state index in [0.717, 1.165) is 5.56 Å². The summed E-state index contributed by atoms with van der Waals surface area (Å²) in [6.45, 7) is -0.250. The Morgan fingerprint density at radius 1 is 1.14 bits per heavy atom. The number of benzene rings is 1. The largest absolute Gasteiger partial charge is 0.496 e. The molecule has 14 heavy (non-hydrogen) atoms. The van der Waals surface area contributed by atoms with Crippen LogP contribution in [0.15, 0.2) is 12.1 Å². The summed E-state index contributed by atoms with van der Waals surface area (Å²) >= 11 is 0. The maximum atomic E-state index is 12.6. The molecule has 78 valence electrons. The van der Waals surface area contributed by atoms with Crippen LogP contribution in [0.5, 0.6) is 11.5 Å². The molecule has 0 saturated heterocycles. The molecule has 1 aromatic carbocycles. The Balaban J connectivity index is 3.20. The quantitative estimate of drug-likeness (QED) is 0.801. The minimum atomic E-state index is -0.569. The highest BCUT2D eigenvalue weighted by atomic mass is 19.1. The molecule has 2 N–H and O–H groups in total. The topological polar surface area (TPSA) is 44.5 Å². The van der Waals surface area contributed by atoms with Gasteiger partial charge in [-0.3, -0.25) is 0 Å². The van der Waals surface area contributed by atoms with Gasteiger partial charge in [0.15, 0.2) is 0 Å². The van der Waals surface area contributed by atoms with Crippen LogP contribution in [0.2, 0.25) is 0 Å². The molecule has 0 amide bonds. The van der Waals surface area contributed by atoms with E-state index < -0.39 is 6.67 Å². The second-order valence-corrected chi connectivity index (χ2v) is 2.81. The van der Waals surface area contributed by atoms with Crippen molar-refractivity contribution in [1.82, 2.24) is 0 Å². The Labute approximate surface area is 82.6 Å². The van der Waals surface area contributed by atoms with Crippen LogP contribution in [-0.2, 0) is 13.2 Å². The molecule has 1 rings (SSSR count). The summed E-state index contributed by atoms with van der Waals surface area (Å²) < 4.78 is 22.7. The number of hydrogen-bond donors (Lipinski definition) is 1. The minimum absolute atomic E-state index is 0.320. The summed E-state index contributed by atoms with van der Waals surface area (Å²) in [4.78, 5) is 0. The van der Waals surface area contributed by atoms with Crippen LogP contribution in [0.25, 0.3) is 0 Å². The molecular weight excluding hydrogens is 185 g/mol. The second-order valence-electron chi connectivity index (χ2n) is 2.81. The van der Waals surface area contributed by atoms with Gasteiger partial charge in [0.2, 0.25) is 0 Å². The van der Waals surface area contributed by atoms with Crippen molar-refractivity contribution in [2.75, 3.05) is 14.2 Å². The van der Waals surface area contributed by atoms with E-state index in [4.69, 9.17) is 15.2 Å². The highest BCUT2D eigenvalue weighted by molar-refractivity contribution is 5.46. The maximum Gasteiger partial charge on any atom is 0.128 e. The normalized spacial score (nSPS) is 10.0. The van der Waals surface area contributed by atoms with Crippen molar-refractivity contribution in [3.8, 4) is 11.5 Å². The van der Waals surface area contributed by atoms with E-state index >= 15 is 0 Å². The molecule has 3 nitrogen and oxygen atoms in total. The van der Waals surface area contributed by atoms with Gasteiger partial charge in [0, 0.05) is 23.7 Å². The lowest BCUT2D eigenvalue weighted by Crippen LogP contribution is -2.02. The fraction of sp³-hybridized carbons (Fsp3) is 0.400. The number of ether oxygens (including phenoxy) is 2. The standard InChI is InChI=1S/C10H14FNO2/c1-13-9-4-10(14-2)8(6-12)3-7(9)5-11/h3-4H,5-6,12H2,1-2H3. The summed E-state index contributed by atoms with van der Waals surface area (Å²) in [6, 6.07) is 3.31. The van der Waals surface area contributed by atoms with Gasteiger partial charge < -0.3 is 15.2 Å². The zero-order chi connectivity index (χ0) is 10.6. The summed E-state index contributed by atoms with van der Waals surface area (Å²) in [6.07, 6.45) is 0. The first-order valence-corrected chi connectivity index (χ1v) is 4.26. The zero-order valence-corrected chi connectivity index (χ0v) is 8.34. The van der Waals surface area contributed by atoms with Gasteiger partial charge in [0.05, 0.1) is 14.2 Å². The molecule has 0 bridgehead atoms. The van der Waals surface area contributed by atoms with Crippen molar-refractivity contribution in [1.29, 1.82) is 0 Å². The van der Waals surface area contributed by atoms with Crippen molar-refractivity contribution < 1.29 is 13.9 Å². The van der Waals surface area contributed by atoms with E-state index in [0.29, 0.717) is 23.6 Å². The summed E-state index contributed by atoms with van der Waals surface area (Å²) in [7, 11) is 3.04. The number of alkyl halides is 1. The third kappa shape index (κ3) is 1.96. The molecule has 0 aliphatic rings. The predicted octanol–water partition coefficient (Wildman–Crippen LogP) is 1.63. The van der Waals surface area contributed by atoms with Gasteiger partial charge >= 0.3 is 0 Å². The highest BCUT2D eigenvalue weighted by Gasteiger charge is 2.09. The van der Waals surface area contributed by atoms with Gasteiger partial charge in [-0.1, -0.05) is 0 Å². The van der Waals surface area contributed by atoms with Crippen LogP contribution in [0.1, 0.15) is 11.1 Å². The van der Waals surface area contributed by atoms with Crippen LogP contribution < -0.4 is 15.2 Å². The fourth-order valence-electron chi connectivity index (χ4n) is 1.30. The van der Waals surface area contributed by atoms with E-state index in [1.165, 1.54) is 7.11 Å². The molecule has 0 spiro atoms. The van der Waals surface area contributed by atoms with Crippen LogP contribution in [0.4, 0.5) is 4.39 Å². The second kappa shape index (κ2) is 4.81. The smallest absolute Gasteiger partial charge is 0.128 e. The van der Waals surface area contributed by atoms with Crippen LogP contribution >= 0.6 is 0 Å². The summed E-state index contributed by atoms with van der Waals surface area (Å²) in [5, 5.41) is 0. The number of hydrogen-bond acceptors (Lipinski definition) is 3. The minimum Gasteiger partial charge on any atom is -0.496 e. The first-order chi connectivity index (χ1) is 6.76. The molecular formula is C10H14FNO2. The van der Waals surface area contributed by atoms with E-state index in [9.17, 15) is 4.39 Å². The Bertz CT molecular complexity index is 257. The van der Waals surface area contributed by atoms with Gasteiger partial charge in [0.1, 0.15) is 18.2 Å². The zero-order valence-electron chi connectivity index (χ0n) is 8.34. The van der Waals surface area contributed by atoms with Gasteiger partial charge in [-0.05, 0) is 6.07 Å². The Hall–Kier alpha value is -1.29. The summed E-state index contributed by atoms with van der Waals surface area (Å²) in [5.74, 6) is 1.11. The van der Waals surface area contributed by atoms with E-state index in [1.807, 2.05) is 0 Å². The molecule has 0 fully saturated rings. The van der Waals surface area contributed by atoms with E-state index in [1.54, 1.807) is 19.2 Å². The number of methoxy groups -OCH3 is 2. The number of nitrogens with two attached hydrogens (primary N) is 1. The molecule has 0 aliphatic heterocycles. The Kier molecular flexibility index (Phi) is 3.71. The lowest BCUT2D eigenvalue weighted by atomic mass is 10.1. The maximum absolute atomic E-state index is 12.6. The first-order valence-electron chi connectivity index (χ1n) is 4.26. The van der Waals surface area contributed by atoms with Gasteiger partial charge in [-0.2, -0.15) is 0 Å². The van der Waals surface area contributed by atoms with Gasteiger partial charge in [-0.25, -0.2) is 4.39 Å². The Morgan fingerprint density at radius 2 is 1.71 bits per heavy atom. The van der Waals surface area contributed by atoms with E-state index in [2.05, 4.69) is 0 Å². The summed E-state index contributed by atoms with van der Waals surface area (Å²) in [5.41, 5.74) is 6.77. The van der Waals surface area contributed by atoms with Crippen LogP contribution in [0, 0.1) is 0 Å². The van der Waals surface area contributed by atoms with Crippen molar-refractivity contribution >= 4 is 0 Å². The third-order valence-electron chi connectivity index (χ3n) is 2.05. The predicted molar refractivity (Wildman–Crippen MR) is 52.2 cm³/mol. The highest BCUT2D eigenvalue weighted by Crippen LogP contribution is 2.29. The van der Waals surface area contributed by atoms with Crippen LogP contribution in [-0.4, -0.2) is 14.2 Å². The third-order valence-corrected chi connectivity index (χ3v) is 2.05.